The molecule has 1 unspecified atom stereocenters. The van der Waals surface area contributed by atoms with Crippen molar-refractivity contribution >= 4 is 11.9 Å². The summed E-state index contributed by atoms with van der Waals surface area (Å²) in [7, 11) is 0. The number of ether oxygens (including phenoxy) is 1. The number of hydrogen-bond donors (Lipinski definition) is 1. The van der Waals surface area contributed by atoms with E-state index >= 15 is 0 Å². The minimum absolute atomic E-state index is 0.0725. The van der Waals surface area contributed by atoms with Gasteiger partial charge >= 0.3 is 5.97 Å². The van der Waals surface area contributed by atoms with Gasteiger partial charge in [-0.2, -0.15) is 0 Å². The van der Waals surface area contributed by atoms with Crippen LogP contribution in [0.5, 0.6) is 0 Å². The summed E-state index contributed by atoms with van der Waals surface area (Å²) >= 11 is 0. The molecule has 0 radical (unpaired) electrons. The van der Waals surface area contributed by atoms with Crippen LogP contribution in [0.4, 0.5) is 0 Å². The van der Waals surface area contributed by atoms with Gasteiger partial charge in [-0.3, -0.25) is 9.59 Å². The normalized spacial score (nSPS) is 11.9. The van der Waals surface area contributed by atoms with Crippen molar-refractivity contribution in [1.29, 1.82) is 0 Å². The molecule has 16 heavy (non-hydrogen) atoms. The second-order valence-electron chi connectivity index (χ2n) is 3.92. The second kappa shape index (κ2) is 9.19. The van der Waals surface area contributed by atoms with Gasteiger partial charge in [0.2, 0.25) is 5.91 Å². The number of carbonyl (C=O) groups is 2. The van der Waals surface area contributed by atoms with Crippen molar-refractivity contribution in [2.45, 2.75) is 58.9 Å². The number of carbonyl (C=O) groups excluding carboxylic acids is 2. The van der Waals surface area contributed by atoms with Crippen LogP contribution in [-0.4, -0.2) is 24.5 Å². The largest absolute Gasteiger partial charge is 0.466 e. The second-order valence-corrected chi connectivity index (χ2v) is 3.92. The van der Waals surface area contributed by atoms with Gasteiger partial charge in [-0.15, -0.1) is 0 Å². The van der Waals surface area contributed by atoms with E-state index in [1.54, 1.807) is 6.92 Å². The summed E-state index contributed by atoms with van der Waals surface area (Å²) in [5.41, 5.74) is 0. The molecule has 1 N–H and O–H groups in total. The Bertz CT molecular complexity index is 216. The first-order valence-corrected chi connectivity index (χ1v) is 6.05. The van der Waals surface area contributed by atoms with E-state index in [0.717, 1.165) is 19.3 Å². The molecule has 4 heteroatoms. The highest BCUT2D eigenvalue weighted by Crippen LogP contribution is 2.00. The van der Waals surface area contributed by atoms with E-state index in [1.165, 1.54) is 0 Å². The van der Waals surface area contributed by atoms with Gasteiger partial charge in [0.25, 0.3) is 0 Å². The molecule has 0 aliphatic heterocycles. The Labute approximate surface area is 97.7 Å². The van der Waals surface area contributed by atoms with Crippen LogP contribution in [0.25, 0.3) is 0 Å². The fourth-order valence-electron chi connectivity index (χ4n) is 1.38. The average molecular weight is 229 g/mol. The zero-order valence-electron chi connectivity index (χ0n) is 10.5. The van der Waals surface area contributed by atoms with Crippen LogP contribution in [-0.2, 0) is 14.3 Å². The van der Waals surface area contributed by atoms with Crippen molar-refractivity contribution in [2.75, 3.05) is 6.61 Å². The van der Waals surface area contributed by atoms with Crippen molar-refractivity contribution in [1.82, 2.24) is 5.32 Å². The lowest BCUT2D eigenvalue weighted by Crippen LogP contribution is -2.32. The van der Waals surface area contributed by atoms with E-state index in [2.05, 4.69) is 12.2 Å². The summed E-state index contributed by atoms with van der Waals surface area (Å²) in [5.74, 6) is -0.379. The van der Waals surface area contributed by atoms with Gasteiger partial charge in [0, 0.05) is 12.5 Å². The Morgan fingerprint density at radius 1 is 1.25 bits per heavy atom. The first-order valence-electron chi connectivity index (χ1n) is 6.05. The maximum atomic E-state index is 11.4. The van der Waals surface area contributed by atoms with Crippen LogP contribution in [0, 0.1) is 0 Å². The Morgan fingerprint density at radius 3 is 2.50 bits per heavy atom. The Kier molecular flexibility index (Phi) is 8.58. The minimum Gasteiger partial charge on any atom is -0.466 e. The van der Waals surface area contributed by atoms with Crippen molar-refractivity contribution in [2.24, 2.45) is 0 Å². The van der Waals surface area contributed by atoms with E-state index in [-0.39, 0.29) is 30.8 Å². The number of rotatable bonds is 8. The number of esters is 1. The fourth-order valence-corrected chi connectivity index (χ4v) is 1.38. The van der Waals surface area contributed by atoms with E-state index in [4.69, 9.17) is 4.74 Å². The predicted molar refractivity (Wildman–Crippen MR) is 63.0 cm³/mol. The molecule has 1 amide bonds. The van der Waals surface area contributed by atoms with Crippen molar-refractivity contribution < 1.29 is 14.3 Å². The third-order valence-corrected chi connectivity index (χ3v) is 2.26. The van der Waals surface area contributed by atoms with Crippen LogP contribution < -0.4 is 5.32 Å². The Balaban J connectivity index is 3.61. The maximum absolute atomic E-state index is 11.4. The molecule has 0 aromatic heterocycles. The monoisotopic (exact) mass is 229 g/mol. The molecule has 0 saturated heterocycles. The summed E-state index contributed by atoms with van der Waals surface area (Å²) in [5, 5.41) is 2.87. The standard InChI is InChI=1S/C12H23NO3/c1-4-6-7-10(3)13-11(14)8-9-12(15)16-5-2/h10H,4-9H2,1-3H3,(H,13,14). The molecule has 0 saturated carbocycles. The lowest BCUT2D eigenvalue weighted by Gasteiger charge is -2.12. The zero-order chi connectivity index (χ0) is 12.4. The Morgan fingerprint density at radius 2 is 1.94 bits per heavy atom. The molecule has 94 valence electrons. The van der Waals surface area contributed by atoms with Gasteiger partial charge in [0.15, 0.2) is 0 Å². The van der Waals surface area contributed by atoms with E-state index in [9.17, 15) is 9.59 Å². The van der Waals surface area contributed by atoms with Gasteiger partial charge in [-0.05, 0) is 20.3 Å². The molecule has 0 bridgehead atoms. The van der Waals surface area contributed by atoms with Crippen molar-refractivity contribution in [3.63, 3.8) is 0 Å². The molecule has 0 heterocycles. The van der Waals surface area contributed by atoms with E-state index < -0.39 is 0 Å². The van der Waals surface area contributed by atoms with Crippen LogP contribution in [0.15, 0.2) is 0 Å². The molecule has 0 aliphatic carbocycles. The number of unbranched alkanes of at least 4 members (excludes halogenated alkanes) is 1. The molecule has 0 aromatic carbocycles. The number of nitrogens with one attached hydrogen (secondary N) is 1. The number of amides is 1. The first kappa shape index (κ1) is 14.9. The Hall–Kier alpha value is -1.06. The topological polar surface area (TPSA) is 55.4 Å². The predicted octanol–water partition coefficient (Wildman–Crippen LogP) is 2.02. The quantitative estimate of drug-likeness (QED) is 0.648. The van der Waals surface area contributed by atoms with Crippen LogP contribution in [0.2, 0.25) is 0 Å². The lowest BCUT2D eigenvalue weighted by molar-refractivity contribution is -0.144. The van der Waals surface area contributed by atoms with Crippen LogP contribution >= 0.6 is 0 Å². The smallest absolute Gasteiger partial charge is 0.306 e. The highest BCUT2D eigenvalue weighted by Gasteiger charge is 2.09. The third-order valence-electron chi connectivity index (χ3n) is 2.26. The fraction of sp³-hybridized carbons (Fsp3) is 0.833. The van der Waals surface area contributed by atoms with Crippen molar-refractivity contribution in [3.05, 3.63) is 0 Å². The summed E-state index contributed by atoms with van der Waals surface area (Å²) in [4.78, 5) is 22.4. The van der Waals surface area contributed by atoms with Gasteiger partial charge in [-0.1, -0.05) is 19.8 Å². The SMILES string of the molecule is CCCCC(C)NC(=O)CCC(=O)OCC. The summed E-state index contributed by atoms with van der Waals surface area (Å²) < 4.78 is 4.74. The van der Waals surface area contributed by atoms with Crippen molar-refractivity contribution in [3.8, 4) is 0 Å². The third kappa shape index (κ3) is 8.26. The lowest BCUT2D eigenvalue weighted by atomic mass is 10.1. The molecule has 4 nitrogen and oxygen atoms in total. The molecule has 0 rings (SSSR count). The van der Waals surface area contributed by atoms with Gasteiger partial charge < -0.3 is 10.1 Å². The molecule has 0 fully saturated rings. The molecule has 0 spiro atoms. The van der Waals surface area contributed by atoms with E-state index in [0.29, 0.717) is 6.61 Å². The molecule has 1 atom stereocenters. The summed E-state index contributed by atoms with van der Waals surface area (Å²) in [6, 6.07) is 0.189. The van der Waals surface area contributed by atoms with Gasteiger partial charge in [0.1, 0.15) is 0 Å². The molecular formula is C12H23NO3. The number of hydrogen-bond acceptors (Lipinski definition) is 3. The minimum atomic E-state index is -0.307. The highest BCUT2D eigenvalue weighted by molar-refractivity contribution is 5.81. The highest BCUT2D eigenvalue weighted by atomic mass is 16.5. The maximum Gasteiger partial charge on any atom is 0.306 e. The first-order chi connectivity index (χ1) is 7.60. The molecule has 0 aromatic rings. The van der Waals surface area contributed by atoms with Gasteiger partial charge in [-0.25, -0.2) is 0 Å². The van der Waals surface area contributed by atoms with Crippen LogP contribution in [0.3, 0.4) is 0 Å². The average Bonchev–Trinajstić information content (AvgIpc) is 2.24. The zero-order valence-corrected chi connectivity index (χ0v) is 10.5. The van der Waals surface area contributed by atoms with Gasteiger partial charge in [0.05, 0.1) is 13.0 Å². The van der Waals surface area contributed by atoms with Crippen LogP contribution in [0.1, 0.15) is 52.9 Å². The molecular weight excluding hydrogens is 206 g/mol. The summed E-state index contributed by atoms with van der Waals surface area (Å²) in [6.45, 7) is 6.23. The molecule has 0 aliphatic rings. The van der Waals surface area contributed by atoms with E-state index in [1.807, 2.05) is 6.92 Å². The summed E-state index contributed by atoms with van der Waals surface area (Å²) in [6.07, 6.45) is 3.61.